The summed E-state index contributed by atoms with van der Waals surface area (Å²) >= 11 is 0. The van der Waals surface area contributed by atoms with Crippen molar-refractivity contribution in [3.8, 4) is 0 Å². The van der Waals surface area contributed by atoms with E-state index in [1.165, 1.54) is 11.1 Å². The maximum atomic E-state index is 11.0. The van der Waals surface area contributed by atoms with Gasteiger partial charge < -0.3 is 9.84 Å². The first-order valence-electron chi connectivity index (χ1n) is 8.26. The van der Waals surface area contributed by atoms with Gasteiger partial charge in [0.2, 0.25) is 0 Å². The van der Waals surface area contributed by atoms with Gasteiger partial charge in [-0.15, -0.1) is 0 Å². The lowest BCUT2D eigenvalue weighted by Crippen LogP contribution is -2.13. The van der Waals surface area contributed by atoms with E-state index < -0.39 is 0 Å². The summed E-state index contributed by atoms with van der Waals surface area (Å²) in [6.45, 7) is 4.08. The molecule has 0 aliphatic heterocycles. The molecule has 2 atom stereocenters. The third kappa shape index (κ3) is 5.91. The average molecular weight is 328 g/mol. The Morgan fingerprint density at radius 2 is 1.79 bits per heavy atom. The molecule has 0 fully saturated rings. The van der Waals surface area contributed by atoms with Gasteiger partial charge in [0, 0.05) is 25.7 Å². The molecule has 0 aliphatic carbocycles. The molecule has 3 nitrogen and oxygen atoms in total. The van der Waals surface area contributed by atoms with Crippen LogP contribution in [0.5, 0.6) is 0 Å². The molecule has 0 heterocycles. The minimum Gasteiger partial charge on any atom is -0.393 e. The van der Waals surface area contributed by atoms with Crippen molar-refractivity contribution >= 4 is 6.29 Å². The van der Waals surface area contributed by atoms with E-state index in [1.54, 1.807) is 14.2 Å². The molecule has 2 unspecified atom stereocenters. The molecule has 3 heteroatoms. The van der Waals surface area contributed by atoms with E-state index in [2.05, 4.69) is 23.8 Å². The lowest BCUT2D eigenvalue weighted by molar-refractivity contribution is 0.112. The number of ether oxygens (including phenoxy) is 1. The summed E-state index contributed by atoms with van der Waals surface area (Å²) in [4.78, 5) is 11.0. The number of benzene rings is 2. The minimum absolute atomic E-state index is 0.112. The quantitative estimate of drug-likeness (QED) is 0.801. The molecule has 0 saturated carbocycles. The molecule has 0 amide bonds. The number of aliphatic hydroxyl groups excluding tert-OH is 1. The Kier molecular flexibility index (Phi) is 8.98. The van der Waals surface area contributed by atoms with Gasteiger partial charge in [-0.3, -0.25) is 4.79 Å². The van der Waals surface area contributed by atoms with Crippen LogP contribution in [0.4, 0.5) is 0 Å². The topological polar surface area (TPSA) is 46.5 Å². The van der Waals surface area contributed by atoms with E-state index in [4.69, 9.17) is 0 Å². The Hall–Kier alpha value is -1.97. The van der Waals surface area contributed by atoms with Crippen molar-refractivity contribution in [1.82, 2.24) is 0 Å². The van der Waals surface area contributed by atoms with Crippen LogP contribution in [0.15, 0.2) is 48.5 Å². The monoisotopic (exact) mass is 328 g/mol. The lowest BCUT2D eigenvalue weighted by Gasteiger charge is -2.22. The first kappa shape index (κ1) is 20.1. The molecule has 0 bridgehead atoms. The van der Waals surface area contributed by atoms with Gasteiger partial charge in [0.15, 0.2) is 0 Å². The number of carbonyl (C=O) groups excluding carboxylic acids is 1. The van der Waals surface area contributed by atoms with Gasteiger partial charge in [0.1, 0.15) is 6.29 Å². The van der Waals surface area contributed by atoms with Gasteiger partial charge in [0.25, 0.3) is 0 Å². The Morgan fingerprint density at radius 3 is 2.38 bits per heavy atom. The molecule has 2 rings (SSSR count). The molecular weight excluding hydrogens is 300 g/mol. The molecule has 0 aliphatic rings. The maximum absolute atomic E-state index is 11.0. The number of aliphatic hydroxyl groups is 1. The van der Waals surface area contributed by atoms with Crippen LogP contribution in [0.2, 0.25) is 0 Å². The zero-order valence-electron chi connectivity index (χ0n) is 15.0. The predicted molar refractivity (Wildman–Crippen MR) is 98.7 cm³/mol. The lowest BCUT2D eigenvalue weighted by atomic mass is 9.83. The van der Waals surface area contributed by atoms with Crippen molar-refractivity contribution in [2.45, 2.75) is 38.7 Å². The normalized spacial score (nSPS) is 12.7. The number of aldehydes is 1. The molecule has 2 aromatic carbocycles. The largest absolute Gasteiger partial charge is 0.393 e. The molecule has 0 saturated heterocycles. The third-order valence-corrected chi connectivity index (χ3v) is 3.99. The summed E-state index contributed by atoms with van der Waals surface area (Å²) in [5, 5.41) is 10.1. The molecule has 24 heavy (non-hydrogen) atoms. The second kappa shape index (κ2) is 10.7. The molecule has 130 valence electrons. The third-order valence-electron chi connectivity index (χ3n) is 3.99. The van der Waals surface area contributed by atoms with E-state index in [0.717, 1.165) is 18.3 Å². The first-order valence-corrected chi connectivity index (χ1v) is 8.26. The molecule has 2 aromatic rings. The van der Waals surface area contributed by atoms with Gasteiger partial charge in [-0.05, 0) is 42.5 Å². The zero-order chi connectivity index (χ0) is 17.9. The molecular formula is C21H28O3. The summed E-state index contributed by atoms with van der Waals surface area (Å²) in [6.07, 6.45) is 1.93. The zero-order valence-corrected chi connectivity index (χ0v) is 15.0. The van der Waals surface area contributed by atoms with Crippen molar-refractivity contribution in [2.75, 3.05) is 14.2 Å². The number of methoxy groups -OCH3 is 1. The van der Waals surface area contributed by atoms with Crippen molar-refractivity contribution in [1.29, 1.82) is 0 Å². The first-order chi connectivity index (χ1) is 11.6. The number of hydrogen-bond acceptors (Lipinski definition) is 3. The van der Waals surface area contributed by atoms with Crippen LogP contribution < -0.4 is 0 Å². The van der Waals surface area contributed by atoms with Crippen LogP contribution in [-0.2, 0) is 4.74 Å². The SMILES string of the molecule is CCC(O)CC(c1cccc(C=O)c1)c1ccccc1C.COC. The van der Waals surface area contributed by atoms with E-state index in [1.807, 2.05) is 43.3 Å². The van der Waals surface area contributed by atoms with Crippen molar-refractivity contribution in [3.05, 3.63) is 70.8 Å². The van der Waals surface area contributed by atoms with Gasteiger partial charge in [0.05, 0.1) is 6.10 Å². The van der Waals surface area contributed by atoms with Gasteiger partial charge >= 0.3 is 0 Å². The maximum Gasteiger partial charge on any atom is 0.150 e. The molecule has 0 aromatic heterocycles. The van der Waals surface area contributed by atoms with E-state index in [9.17, 15) is 9.90 Å². The minimum atomic E-state index is -0.338. The van der Waals surface area contributed by atoms with Gasteiger partial charge in [-0.2, -0.15) is 0 Å². The fourth-order valence-corrected chi connectivity index (χ4v) is 2.71. The summed E-state index contributed by atoms with van der Waals surface area (Å²) in [6, 6.07) is 15.9. The number of rotatable bonds is 6. The highest BCUT2D eigenvalue weighted by molar-refractivity contribution is 5.75. The Bertz CT molecular complexity index is 622. The summed E-state index contributed by atoms with van der Waals surface area (Å²) in [5.74, 6) is 0.112. The summed E-state index contributed by atoms with van der Waals surface area (Å²) in [7, 11) is 3.25. The van der Waals surface area contributed by atoms with Crippen LogP contribution in [-0.4, -0.2) is 31.7 Å². The number of carbonyl (C=O) groups is 1. The molecule has 1 N–H and O–H groups in total. The second-order valence-corrected chi connectivity index (χ2v) is 5.90. The van der Waals surface area contributed by atoms with Crippen LogP contribution >= 0.6 is 0 Å². The Morgan fingerprint density at radius 1 is 1.12 bits per heavy atom. The standard InChI is InChI=1S/C19H22O2.C2H6O/c1-3-17(21)12-19(18-10-5-4-7-14(18)2)16-9-6-8-15(11-16)13-20;1-3-2/h4-11,13,17,19,21H,3,12H2,1-2H3;1-2H3. The van der Waals surface area contributed by atoms with Gasteiger partial charge in [-0.25, -0.2) is 0 Å². The Balaban J connectivity index is 0.000000891. The van der Waals surface area contributed by atoms with E-state index in [0.29, 0.717) is 12.0 Å². The predicted octanol–water partition coefficient (Wildman–Crippen LogP) is 4.36. The fraction of sp³-hybridized carbons (Fsp3) is 0.381. The Labute approximate surface area is 145 Å². The van der Waals surface area contributed by atoms with Crippen LogP contribution in [0.1, 0.15) is 52.7 Å². The molecule has 0 spiro atoms. The van der Waals surface area contributed by atoms with E-state index >= 15 is 0 Å². The highest BCUT2D eigenvalue weighted by atomic mass is 16.4. The van der Waals surface area contributed by atoms with Crippen molar-refractivity contribution in [3.63, 3.8) is 0 Å². The summed E-state index contributed by atoms with van der Waals surface area (Å²) in [5.41, 5.74) is 4.19. The van der Waals surface area contributed by atoms with Crippen molar-refractivity contribution < 1.29 is 14.6 Å². The van der Waals surface area contributed by atoms with Crippen LogP contribution in [0.25, 0.3) is 0 Å². The van der Waals surface area contributed by atoms with Crippen LogP contribution in [0, 0.1) is 6.92 Å². The second-order valence-electron chi connectivity index (χ2n) is 5.90. The van der Waals surface area contributed by atoms with E-state index in [-0.39, 0.29) is 12.0 Å². The van der Waals surface area contributed by atoms with Gasteiger partial charge in [-0.1, -0.05) is 49.4 Å². The number of aryl methyl sites for hydroxylation is 1. The highest BCUT2D eigenvalue weighted by Crippen LogP contribution is 2.32. The molecule has 0 radical (unpaired) electrons. The fourth-order valence-electron chi connectivity index (χ4n) is 2.71. The average Bonchev–Trinajstić information content (AvgIpc) is 2.61. The smallest absolute Gasteiger partial charge is 0.150 e. The number of hydrogen-bond donors (Lipinski definition) is 1. The highest BCUT2D eigenvalue weighted by Gasteiger charge is 2.19. The van der Waals surface area contributed by atoms with Crippen LogP contribution in [0.3, 0.4) is 0 Å². The summed E-state index contributed by atoms with van der Waals surface area (Å²) < 4.78 is 4.25. The van der Waals surface area contributed by atoms with Crippen molar-refractivity contribution in [2.24, 2.45) is 0 Å².